The molecule has 0 radical (unpaired) electrons. The molecule has 2 aromatic heterocycles. The molecule has 0 spiro atoms. The highest BCUT2D eigenvalue weighted by molar-refractivity contribution is 5.80. The summed E-state index contributed by atoms with van der Waals surface area (Å²) in [5.41, 5.74) is 1.78. The largest absolute Gasteiger partial charge is 0.380 e. The normalized spacial score (nSPS) is 20.7. The molecule has 0 saturated carbocycles. The molecular formula is C16H23N5O3. The third-order valence-electron chi connectivity index (χ3n) is 4.60. The average Bonchev–Trinajstić information content (AvgIpc) is 3.32. The lowest BCUT2D eigenvalue weighted by atomic mass is 10.1. The van der Waals surface area contributed by atoms with Crippen molar-refractivity contribution in [1.29, 1.82) is 0 Å². The molecule has 1 fully saturated rings. The van der Waals surface area contributed by atoms with E-state index in [1.54, 1.807) is 7.11 Å². The van der Waals surface area contributed by atoms with Crippen LogP contribution in [-0.2, 0) is 28.8 Å². The van der Waals surface area contributed by atoms with Gasteiger partial charge in [-0.2, -0.15) is 5.10 Å². The average molecular weight is 333 g/mol. The number of carbonyl (C=O) groups excluding carboxylic acids is 1. The summed E-state index contributed by atoms with van der Waals surface area (Å²) in [5, 5.41) is 10.9. The van der Waals surface area contributed by atoms with Gasteiger partial charge >= 0.3 is 0 Å². The van der Waals surface area contributed by atoms with Crippen molar-refractivity contribution in [1.82, 2.24) is 25.2 Å². The Morgan fingerprint density at radius 1 is 1.46 bits per heavy atom. The summed E-state index contributed by atoms with van der Waals surface area (Å²) in [6.07, 6.45) is 3.94. The molecule has 2 aromatic rings. The van der Waals surface area contributed by atoms with Crippen LogP contribution in [-0.4, -0.2) is 50.9 Å². The van der Waals surface area contributed by atoms with Gasteiger partial charge in [-0.25, -0.2) is 4.98 Å². The van der Waals surface area contributed by atoms with Crippen LogP contribution in [0, 0.1) is 0 Å². The maximum atomic E-state index is 13.0. The molecule has 3 rings (SSSR count). The lowest BCUT2D eigenvalue weighted by Gasteiger charge is -2.22. The van der Waals surface area contributed by atoms with Gasteiger partial charge in [0.25, 0.3) is 0 Å². The highest BCUT2D eigenvalue weighted by Crippen LogP contribution is 2.32. The highest BCUT2D eigenvalue weighted by Gasteiger charge is 2.38. The number of nitrogens with zero attached hydrogens (tertiary/aromatic N) is 4. The smallest absolute Gasteiger partial charge is 0.227 e. The molecule has 3 heterocycles. The molecule has 0 bridgehead atoms. The summed E-state index contributed by atoms with van der Waals surface area (Å²) >= 11 is 0. The van der Waals surface area contributed by atoms with E-state index >= 15 is 0 Å². The number of amides is 1. The summed E-state index contributed by atoms with van der Waals surface area (Å²) in [4.78, 5) is 19.0. The zero-order valence-electron chi connectivity index (χ0n) is 14.3. The SMILES string of the molecule is CCc1noc(CC)c1CC(=O)N1C[C@H](OC)C[C@H]1c1ncn[nH]1. The fraction of sp³-hybridized carbons (Fsp3) is 0.625. The van der Waals surface area contributed by atoms with Gasteiger partial charge in [0.15, 0.2) is 0 Å². The molecule has 2 atom stereocenters. The fourth-order valence-corrected chi connectivity index (χ4v) is 3.27. The number of likely N-dealkylation sites (tertiary alicyclic amines) is 1. The maximum Gasteiger partial charge on any atom is 0.227 e. The van der Waals surface area contributed by atoms with Crippen LogP contribution >= 0.6 is 0 Å². The van der Waals surface area contributed by atoms with Crippen molar-refractivity contribution >= 4 is 5.91 Å². The van der Waals surface area contributed by atoms with Crippen molar-refractivity contribution in [2.45, 2.75) is 51.7 Å². The minimum absolute atomic E-state index is 0.00261. The Morgan fingerprint density at radius 3 is 2.92 bits per heavy atom. The van der Waals surface area contributed by atoms with E-state index in [1.807, 2.05) is 18.7 Å². The Hall–Kier alpha value is -2.22. The van der Waals surface area contributed by atoms with Crippen LogP contribution in [0.4, 0.5) is 0 Å². The molecule has 8 heteroatoms. The summed E-state index contributed by atoms with van der Waals surface area (Å²) in [6.45, 7) is 4.57. The molecule has 0 aromatic carbocycles. The van der Waals surface area contributed by atoms with Gasteiger partial charge in [0.2, 0.25) is 5.91 Å². The molecule has 1 N–H and O–H groups in total. The van der Waals surface area contributed by atoms with Crippen LogP contribution in [0.15, 0.2) is 10.9 Å². The van der Waals surface area contributed by atoms with Crippen molar-refractivity contribution in [3.8, 4) is 0 Å². The first-order chi connectivity index (χ1) is 11.7. The number of aromatic nitrogens is 4. The van der Waals surface area contributed by atoms with Crippen molar-refractivity contribution in [2.24, 2.45) is 0 Å². The quantitative estimate of drug-likeness (QED) is 0.859. The molecule has 8 nitrogen and oxygen atoms in total. The maximum absolute atomic E-state index is 13.0. The van der Waals surface area contributed by atoms with E-state index in [0.717, 1.165) is 29.9 Å². The van der Waals surface area contributed by atoms with Crippen molar-refractivity contribution in [3.63, 3.8) is 0 Å². The van der Waals surface area contributed by atoms with Crippen LogP contribution < -0.4 is 0 Å². The van der Waals surface area contributed by atoms with Crippen LogP contribution in [0.2, 0.25) is 0 Å². The first kappa shape index (κ1) is 16.6. The van der Waals surface area contributed by atoms with Crippen LogP contribution in [0.3, 0.4) is 0 Å². The van der Waals surface area contributed by atoms with Gasteiger partial charge in [0.1, 0.15) is 17.9 Å². The Bertz CT molecular complexity index is 660. The predicted octanol–water partition coefficient (Wildman–Crippen LogP) is 1.45. The molecule has 1 saturated heterocycles. The van der Waals surface area contributed by atoms with Crippen molar-refractivity contribution < 1.29 is 14.1 Å². The predicted molar refractivity (Wildman–Crippen MR) is 85.2 cm³/mol. The van der Waals surface area contributed by atoms with Crippen molar-refractivity contribution in [2.75, 3.05) is 13.7 Å². The van der Waals surface area contributed by atoms with Gasteiger partial charge in [-0.3, -0.25) is 9.89 Å². The number of nitrogens with one attached hydrogen (secondary N) is 1. The first-order valence-corrected chi connectivity index (χ1v) is 8.31. The molecule has 0 aliphatic carbocycles. The van der Waals surface area contributed by atoms with E-state index in [0.29, 0.717) is 18.8 Å². The van der Waals surface area contributed by atoms with E-state index in [2.05, 4.69) is 20.3 Å². The zero-order valence-corrected chi connectivity index (χ0v) is 14.3. The van der Waals surface area contributed by atoms with E-state index in [1.165, 1.54) is 6.33 Å². The molecular weight excluding hydrogens is 310 g/mol. The molecule has 130 valence electrons. The minimum atomic E-state index is -0.139. The number of aromatic amines is 1. The lowest BCUT2D eigenvalue weighted by molar-refractivity contribution is -0.131. The monoisotopic (exact) mass is 333 g/mol. The molecule has 1 aliphatic heterocycles. The van der Waals surface area contributed by atoms with Crippen LogP contribution in [0.5, 0.6) is 0 Å². The number of methoxy groups -OCH3 is 1. The molecule has 1 aliphatic rings. The van der Waals surface area contributed by atoms with E-state index < -0.39 is 0 Å². The Labute approximate surface area is 140 Å². The standard InChI is InChI=1S/C16H23N5O3/c1-4-12-11(14(5-2)24-20-12)7-15(22)21-8-10(23-3)6-13(21)16-17-9-18-19-16/h9-10,13H,4-8H2,1-3H3,(H,17,18,19)/t10-,13+/m1/s1. The summed E-state index contributed by atoms with van der Waals surface area (Å²) in [7, 11) is 1.67. The van der Waals surface area contributed by atoms with Gasteiger partial charge in [0, 0.05) is 32.1 Å². The van der Waals surface area contributed by atoms with Gasteiger partial charge in [-0.05, 0) is 6.42 Å². The number of rotatable bonds is 6. The second-order valence-corrected chi connectivity index (χ2v) is 5.94. The Kier molecular flexibility index (Phi) is 4.94. The molecule has 24 heavy (non-hydrogen) atoms. The van der Waals surface area contributed by atoms with E-state index in [4.69, 9.17) is 9.26 Å². The number of hydrogen-bond acceptors (Lipinski definition) is 6. The first-order valence-electron chi connectivity index (χ1n) is 8.31. The van der Waals surface area contributed by atoms with Crippen LogP contribution in [0.25, 0.3) is 0 Å². The number of H-pyrrole nitrogens is 1. The summed E-state index contributed by atoms with van der Waals surface area (Å²) in [6, 6.07) is -0.139. The number of aryl methyl sites for hydroxylation is 2. The number of hydrogen-bond donors (Lipinski definition) is 1. The number of carbonyl (C=O) groups is 1. The topological polar surface area (TPSA) is 97.1 Å². The summed E-state index contributed by atoms with van der Waals surface area (Å²) in [5.74, 6) is 1.52. The van der Waals surface area contributed by atoms with Gasteiger partial charge in [-0.1, -0.05) is 19.0 Å². The third-order valence-corrected chi connectivity index (χ3v) is 4.60. The van der Waals surface area contributed by atoms with Gasteiger partial charge in [-0.15, -0.1) is 0 Å². The highest BCUT2D eigenvalue weighted by atomic mass is 16.5. The minimum Gasteiger partial charge on any atom is -0.380 e. The Balaban J connectivity index is 1.81. The summed E-state index contributed by atoms with van der Waals surface area (Å²) < 4.78 is 10.8. The fourth-order valence-electron chi connectivity index (χ4n) is 3.27. The van der Waals surface area contributed by atoms with Gasteiger partial charge in [0.05, 0.1) is 24.3 Å². The number of ether oxygens (including phenoxy) is 1. The van der Waals surface area contributed by atoms with E-state index in [-0.39, 0.29) is 24.5 Å². The third kappa shape index (κ3) is 3.06. The second-order valence-electron chi connectivity index (χ2n) is 5.94. The molecule has 1 amide bonds. The molecule has 0 unspecified atom stereocenters. The van der Waals surface area contributed by atoms with E-state index in [9.17, 15) is 4.79 Å². The van der Waals surface area contributed by atoms with Crippen molar-refractivity contribution in [3.05, 3.63) is 29.2 Å². The second kappa shape index (κ2) is 7.12. The lowest BCUT2D eigenvalue weighted by Crippen LogP contribution is -2.34. The Morgan fingerprint density at radius 2 is 2.29 bits per heavy atom. The van der Waals surface area contributed by atoms with Crippen LogP contribution in [0.1, 0.15) is 49.2 Å². The van der Waals surface area contributed by atoms with Gasteiger partial charge < -0.3 is 14.2 Å². The zero-order chi connectivity index (χ0) is 17.1.